The first-order chi connectivity index (χ1) is 9.76. The Kier molecular flexibility index (Phi) is 4.43. The summed E-state index contributed by atoms with van der Waals surface area (Å²) in [6, 6.07) is 2.65. The van der Waals surface area contributed by atoms with Crippen molar-refractivity contribution in [3.05, 3.63) is 22.4 Å². The largest absolute Gasteiger partial charge is 0.383 e. The monoisotopic (exact) mass is 317 g/mol. The number of carbonyl (C=O) groups excluding carboxylic acids is 2. The molecule has 1 amide bonds. The van der Waals surface area contributed by atoms with Gasteiger partial charge in [0.1, 0.15) is 5.60 Å². The summed E-state index contributed by atoms with van der Waals surface area (Å²) < 4.78 is 27.7. The fourth-order valence-electron chi connectivity index (χ4n) is 2.22. The summed E-state index contributed by atoms with van der Waals surface area (Å²) in [5.41, 5.74) is -2.24. The van der Waals surface area contributed by atoms with Gasteiger partial charge < -0.3 is 10.4 Å². The van der Waals surface area contributed by atoms with Gasteiger partial charge in [-0.2, -0.15) is 8.78 Å². The Labute approximate surface area is 125 Å². The van der Waals surface area contributed by atoms with E-state index in [1.807, 2.05) is 0 Å². The van der Waals surface area contributed by atoms with Crippen molar-refractivity contribution in [1.29, 1.82) is 0 Å². The van der Waals surface area contributed by atoms with Crippen LogP contribution >= 0.6 is 11.3 Å². The number of amides is 1. The SMILES string of the molecule is CC(CC(=O)c1cccs1)NC(=O)C(F)(F)C1(O)CCC1. The average Bonchev–Trinajstić information content (AvgIpc) is 2.89. The molecule has 116 valence electrons. The number of nitrogens with one attached hydrogen (secondary N) is 1. The molecule has 21 heavy (non-hydrogen) atoms. The minimum absolute atomic E-state index is 0.0548. The highest BCUT2D eigenvalue weighted by molar-refractivity contribution is 7.12. The quantitative estimate of drug-likeness (QED) is 0.792. The third-order valence-corrected chi connectivity index (χ3v) is 4.63. The van der Waals surface area contributed by atoms with E-state index in [4.69, 9.17) is 0 Å². The van der Waals surface area contributed by atoms with E-state index < -0.39 is 23.5 Å². The highest BCUT2D eigenvalue weighted by Gasteiger charge is 2.61. The summed E-state index contributed by atoms with van der Waals surface area (Å²) in [5, 5.41) is 13.5. The predicted molar refractivity (Wildman–Crippen MR) is 74.6 cm³/mol. The van der Waals surface area contributed by atoms with Gasteiger partial charge in [-0.05, 0) is 37.6 Å². The third kappa shape index (κ3) is 3.13. The van der Waals surface area contributed by atoms with Gasteiger partial charge in [-0.25, -0.2) is 0 Å². The van der Waals surface area contributed by atoms with E-state index in [2.05, 4.69) is 5.32 Å². The molecule has 1 unspecified atom stereocenters. The van der Waals surface area contributed by atoms with Gasteiger partial charge in [-0.1, -0.05) is 6.07 Å². The van der Waals surface area contributed by atoms with Gasteiger partial charge in [0.15, 0.2) is 5.78 Å². The summed E-state index contributed by atoms with van der Waals surface area (Å²) in [6.07, 6.45) is 0.248. The summed E-state index contributed by atoms with van der Waals surface area (Å²) in [7, 11) is 0. The molecule has 4 nitrogen and oxygen atoms in total. The van der Waals surface area contributed by atoms with Crippen LogP contribution in [0.2, 0.25) is 0 Å². The molecule has 0 saturated heterocycles. The first-order valence-corrected chi connectivity index (χ1v) is 7.62. The topological polar surface area (TPSA) is 66.4 Å². The van der Waals surface area contributed by atoms with Crippen LogP contribution in [-0.2, 0) is 4.79 Å². The van der Waals surface area contributed by atoms with Crippen molar-refractivity contribution in [2.45, 2.75) is 50.2 Å². The van der Waals surface area contributed by atoms with E-state index in [-0.39, 0.29) is 25.0 Å². The van der Waals surface area contributed by atoms with Gasteiger partial charge in [-0.15, -0.1) is 11.3 Å². The molecule has 0 radical (unpaired) electrons. The van der Waals surface area contributed by atoms with Gasteiger partial charge in [0, 0.05) is 12.5 Å². The molecule has 7 heteroatoms. The average molecular weight is 317 g/mol. The summed E-state index contributed by atoms with van der Waals surface area (Å²) in [5.74, 6) is -5.55. The maximum atomic E-state index is 13.9. The number of carbonyl (C=O) groups is 2. The van der Waals surface area contributed by atoms with Crippen molar-refractivity contribution < 1.29 is 23.5 Å². The van der Waals surface area contributed by atoms with E-state index in [1.165, 1.54) is 18.3 Å². The maximum absolute atomic E-state index is 13.9. The number of alkyl halides is 2. The smallest absolute Gasteiger partial charge is 0.352 e. The van der Waals surface area contributed by atoms with Crippen LogP contribution < -0.4 is 5.32 Å². The van der Waals surface area contributed by atoms with Crippen molar-refractivity contribution >= 4 is 23.0 Å². The van der Waals surface area contributed by atoms with Crippen LogP contribution in [0.3, 0.4) is 0 Å². The van der Waals surface area contributed by atoms with Gasteiger partial charge in [0.2, 0.25) is 0 Å². The number of hydrogen-bond acceptors (Lipinski definition) is 4. The van der Waals surface area contributed by atoms with Crippen molar-refractivity contribution in [3.8, 4) is 0 Å². The number of rotatable bonds is 6. The molecule has 0 aromatic carbocycles. The molecule has 2 rings (SSSR count). The molecule has 2 N–H and O–H groups in total. The summed E-state index contributed by atoms with van der Waals surface area (Å²) in [6.45, 7) is 1.49. The van der Waals surface area contributed by atoms with Gasteiger partial charge in [0.05, 0.1) is 4.88 Å². The number of ketones is 1. The maximum Gasteiger partial charge on any atom is 0.352 e. The van der Waals surface area contributed by atoms with Gasteiger partial charge in [-0.3, -0.25) is 9.59 Å². The van der Waals surface area contributed by atoms with E-state index in [0.29, 0.717) is 11.3 Å². The predicted octanol–water partition coefficient (Wildman–Crippen LogP) is 2.38. The number of Topliss-reactive ketones (excluding diaryl/α,β-unsaturated/α-hetero) is 1. The van der Waals surface area contributed by atoms with Crippen molar-refractivity contribution in [2.24, 2.45) is 0 Å². The zero-order valence-electron chi connectivity index (χ0n) is 11.6. The van der Waals surface area contributed by atoms with Crippen molar-refractivity contribution in [2.75, 3.05) is 0 Å². The lowest BCUT2D eigenvalue weighted by molar-refractivity contribution is -0.216. The molecule has 1 aromatic heterocycles. The third-order valence-electron chi connectivity index (χ3n) is 3.72. The molecule has 1 aliphatic rings. The number of hydrogen-bond donors (Lipinski definition) is 2. The highest BCUT2D eigenvalue weighted by atomic mass is 32.1. The molecule has 1 saturated carbocycles. The minimum Gasteiger partial charge on any atom is -0.383 e. The normalized spacial score (nSPS) is 18.7. The molecule has 1 atom stereocenters. The Bertz CT molecular complexity index is 526. The Morgan fingerprint density at radius 1 is 1.52 bits per heavy atom. The second-order valence-corrected chi connectivity index (χ2v) is 6.39. The standard InChI is InChI=1S/C14H17F2NO3S/c1-9(8-10(18)11-4-2-7-21-11)17-12(19)14(15,16)13(20)5-3-6-13/h2,4,7,9,20H,3,5-6,8H2,1H3,(H,17,19). The first kappa shape index (κ1) is 16.0. The second-order valence-electron chi connectivity index (χ2n) is 5.44. The van der Waals surface area contributed by atoms with Gasteiger partial charge in [0.25, 0.3) is 5.91 Å². The zero-order valence-corrected chi connectivity index (χ0v) is 12.4. The number of halogens is 2. The van der Waals surface area contributed by atoms with Crippen LogP contribution in [0.4, 0.5) is 8.78 Å². The summed E-state index contributed by atoms with van der Waals surface area (Å²) in [4.78, 5) is 24.0. The lowest BCUT2D eigenvalue weighted by Gasteiger charge is -2.41. The number of aliphatic hydroxyl groups is 1. The van der Waals surface area contributed by atoms with Crippen molar-refractivity contribution in [3.63, 3.8) is 0 Å². The van der Waals surface area contributed by atoms with E-state index >= 15 is 0 Å². The zero-order chi connectivity index (χ0) is 15.7. The molecule has 1 aromatic rings. The van der Waals surface area contributed by atoms with Crippen LogP contribution in [0.1, 0.15) is 42.3 Å². The van der Waals surface area contributed by atoms with E-state index in [9.17, 15) is 23.5 Å². The molecular formula is C14H17F2NO3S. The molecule has 0 bridgehead atoms. The first-order valence-electron chi connectivity index (χ1n) is 6.74. The summed E-state index contributed by atoms with van der Waals surface area (Å²) >= 11 is 1.26. The molecule has 1 heterocycles. The second kappa shape index (κ2) is 5.81. The van der Waals surface area contributed by atoms with E-state index in [1.54, 1.807) is 17.5 Å². The molecule has 0 aliphatic heterocycles. The Balaban J connectivity index is 1.91. The Morgan fingerprint density at radius 2 is 2.19 bits per heavy atom. The molecular weight excluding hydrogens is 300 g/mol. The van der Waals surface area contributed by atoms with Gasteiger partial charge >= 0.3 is 5.92 Å². The lowest BCUT2D eigenvalue weighted by Crippen LogP contribution is -2.61. The number of thiophene rings is 1. The van der Waals surface area contributed by atoms with Crippen molar-refractivity contribution in [1.82, 2.24) is 5.32 Å². The molecule has 1 aliphatic carbocycles. The molecule has 0 spiro atoms. The van der Waals surface area contributed by atoms with Crippen LogP contribution in [0.15, 0.2) is 17.5 Å². The fourth-order valence-corrected chi connectivity index (χ4v) is 2.89. The molecule has 1 fully saturated rings. The Hall–Kier alpha value is -1.34. The van der Waals surface area contributed by atoms with E-state index in [0.717, 1.165) is 0 Å². The van der Waals surface area contributed by atoms with Crippen LogP contribution in [0, 0.1) is 0 Å². The van der Waals surface area contributed by atoms with Crippen LogP contribution in [0.25, 0.3) is 0 Å². The highest BCUT2D eigenvalue weighted by Crippen LogP contribution is 2.44. The van der Waals surface area contributed by atoms with Crippen LogP contribution in [-0.4, -0.2) is 34.4 Å². The fraction of sp³-hybridized carbons (Fsp3) is 0.571. The Morgan fingerprint density at radius 3 is 2.67 bits per heavy atom. The lowest BCUT2D eigenvalue weighted by atomic mass is 9.75. The minimum atomic E-state index is -3.83. The van der Waals surface area contributed by atoms with Crippen LogP contribution in [0.5, 0.6) is 0 Å².